The number of hydrogen-bond acceptors (Lipinski definition) is 2. The summed E-state index contributed by atoms with van der Waals surface area (Å²) in [6, 6.07) is 10.1. The zero-order valence-electron chi connectivity index (χ0n) is 11.6. The second-order valence-corrected chi connectivity index (χ2v) is 5.85. The number of pyridine rings is 1. The number of aromatic nitrogens is 1. The van der Waals surface area contributed by atoms with Gasteiger partial charge in [-0.2, -0.15) is 0 Å². The Labute approximate surface area is 125 Å². The summed E-state index contributed by atoms with van der Waals surface area (Å²) >= 11 is 6.04. The molecule has 2 nitrogen and oxygen atoms in total. The molecule has 1 fully saturated rings. The lowest BCUT2D eigenvalue weighted by Gasteiger charge is -2.21. The predicted molar refractivity (Wildman–Crippen MR) is 83.4 cm³/mol. The quantitative estimate of drug-likeness (QED) is 0.744. The Morgan fingerprint density at radius 2 is 1.95 bits per heavy atom. The summed E-state index contributed by atoms with van der Waals surface area (Å²) in [5.41, 5.74) is 2.06. The van der Waals surface area contributed by atoms with Gasteiger partial charge in [-0.15, -0.1) is 11.6 Å². The van der Waals surface area contributed by atoms with Crippen molar-refractivity contribution in [2.75, 3.05) is 6.61 Å². The van der Waals surface area contributed by atoms with Gasteiger partial charge in [-0.25, -0.2) is 4.98 Å². The minimum absolute atomic E-state index is 0.489. The molecule has 0 atom stereocenters. The molecule has 1 aromatic carbocycles. The fraction of sp³-hybridized carbons (Fsp3) is 0.471. The molecular formula is C17H20ClNO. The second kappa shape index (κ2) is 6.45. The summed E-state index contributed by atoms with van der Waals surface area (Å²) in [5.74, 6) is 1.89. The third kappa shape index (κ3) is 3.06. The molecule has 1 saturated carbocycles. The molecule has 1 aliphatic rings. The number of nitrogens with zero attached hydrogens (tertiary/aromatic N) is 1. The Morgan fingerprint density at radius 1 is 1.15 bits per heavy atom. The number of alkyl halides is 1. The van der Waals surface area contributed by atoms with Gasteiger partial charge in [-0.05, 0) is 30.4 Å². The first kappa shape index (κ1) is 13.7. The lowest BCUT2D eigenvalue weighted by molar-refractivity contribution is 0.203. The number of benzene rings is 1. The summed E-state index contributed by atoms with van der Waals surface area (Å²) in [7, 11) is 0. The lowest BCUT2D eigenvalue weighted by Crippen LogP contribution is -2.15. The second-order valence-electron chi connectivity index (χ2n) is 5.59. The zero-order valence-corrected chi connectivity index (χ0v) is 12.4. The molecule has 1 aromatic heterocycles. The molecule has 3 rings (SSSR count). The Hall–Kier alpha value is -1.28. The third-order valence-corrected chi connectivity index (χ3v) is 4.40. The first-order valence-corrected chi connectivity index (χ1v) is 7.97. The van der Waals surface area contributed by atoms with Crippen molar-refractivity contribution < 1.29 is 4.74 Å². The molecule has 106 valence electrons. The highest BCUT2D eigenvalue weighted by molar-refractivity contribution is 6.18. The first-order valence-electron chi connectivity index (χ1n) is 7.44. The van der Waals surface area contributed by atoms with Crippen LogP contribution in [-0.4, -0.2) is 11.6 Å². The van der Waals surface area contributed by atoms with E-state index in [0.29, 0.717) is 17.7 Å². The van der Waals surface area contributed by atoms with Gasteiger partial charge < -0.3 is 4.74 Å². The van der Waals surface area contributed by atoms with E-state index in [-0.39, 0.29) is 0 Å². The van der Waals surface area contributed by atoms with Crippen LogP contribution in [-0.2, 0) is 5.88 Å². The fourth-order valence-corrected chi connectivity index (χ4v) is 3.18. The van der Waals surface area contributed by atoms with Crippen LogP contribution < -0.4 is 4.74 Å². The molecule has 0 amide bonds. The van der Waals surface area contributed by atoms with Crippen LogP contribution in [0.5, 0.6) is 5.88 Å². The van der Waals surface area contributed by atoms with Gasteiger partial charge in [0.05, 0.1) is 12.1 Å². The van der Waals surface area contributed by atoms with Crippen LogP contribution in [0.4, 0.5) is 0 Å². The summed E-state index contributed by atoms with van der Waals surface area (Å²) < 4.78 is 5.93. The van der Waals surface area contributed by atoms with Crippen LogP contribution in [0.3, 0.4) is 0 Å². The summed E-state index contributed by atoms with van der Waals surface area (Å²) in [5, 5.41) is 1.12. The highest BCUT2D eigenvalue weighted by Gasteiger charge is 2.14. The maximum atomic E-state index is 6.04. The maximum Gasteiger partial charge on any atom is 0.214 e. The minimum atomic E-state index is 0.489. The molecule has 3 heteroatoms. The van der Waals surface area contributed by atoms with Crippen molar-refractivity contribution in [3.05, 3.63) is 35.9 Å². The van der Waals surface area contributed by atoms with Gasteiger partial charge >= 0.3 is 0 Å². The van der Waals surface area contributed by atoms with E-state index < -0.39 is 0 Å². The normalized spacial score (nSPS) is 16.4. The van der Waals surface area contributed by atoms with Crippen LogP contribution in [0.1, 0.15) is 37.7 Å². The van der Waals surface area contributed by atoms with E-state index in [1.807, 2.05) is 24.3 Å². The molecule has 1 heterocycles. The number of para-hydroxylation sites is 1. The smallest absolute Gasteiger partial charge is 0.214 e. The van der Waals surface area contributed by atoms with E-state index in [9.17, 15) is 0 Å². The van der Waals surface area contributed by atoms with Crippen molar-refractivity contribution in [3.8, 4) is 5.88 Å². The molecule has 0 aliphatic heterocycles. The molecule has 0 bridgehead atoms. The molecule has 1 aliphatic carbocycles. The summed E-state index contributed by atoms with van der Waals surface area (Å²) in [6.45, 7) is 0.785. The highest BCUT2D eigenvalue weighted by Crippen LogP contribution is 2.26. The monoisotopic (exact) mass is 289 g/mol. The Kier molecular flexibility index (Phi) is 4.41. The van der Waals surface area contributed by atoms with E-state index in [1.54, 1.807) is 0 Å². The third-order valence-electron chi connectivity index (χ3n) is 4.11. The SMILES string of the molecule is ClCc1cc(OCC2CCCCC2)nc2ccccc12. The number of rotatable bonds is 4. The predicted octanol–water partition coefficient (Wildman–Crippen LogP) is 4.93. The van der Waals surface area contributed by atoms with Crippen LogP contribution in [0.2, 0.25) is 0 Å². The Bertz CT molecular complexity index is 578. The number of halogens is 1. The standard InChI is InChI=1S/C17H20ClNO/c18-11-14-10-17(19-16-9-5-4-8-15(14)16)20-12-13-6-2-1-3-7-13/h4-5,8-10,13H,1-3,6-7,11-12H2. The van der Waals surface area contributed by atoms with Crippen molar-refractivity contribution in [2.24, 2.45) is 5.92 Å². The minimum Gasteiger partial charge on any atom is -0.477 e. The molecule has 2 aromatic rings. The van der Waals surface area contributed by atoms with Gasteiger partial charge in [-0.1, -0.05) is 37.5 Å². The van der Waals surface area contributed by atoms with Crippen LogP contribution in [0, 0.1) is 5.92 Å². The molecule has 0 radical (unpaired) electrons. The highest BCUT2D eigenvalue weighted by atomic mass is 35.5. The van der Waals surface area contributed by atoms with E-state index in [1.165, 1.54) is 32.1 Å². The molecular weight excluding hydrogens is 270 g/mol. The number of hydrogen-bond donors (Lipinski definition) is 0. The first-order chi connectivity index (χ1) is 9.86. The molecule has 0 spiro atoms. The average Bonchev–Trinajstić information content (AvgIpc) is 2.53. The van der Waals surface area contributed by atoms with Crippen molar-refractivity contribution >= 4 is 22.5 Å². The van der Waals surface area contributed by atoms with Crippen molar-refractivity contribution in [3.63, 3.8) is 0 Å². The van der Waals surface area contributed by atoms with Crippen molar-refractivity contribution in [1.29, 1.82) is 0 Å². The Morgan fingerprint density at radius 3 is 2.75 bits per heavy atom. The van der Waals surface area contributed by atoms with E-state index in [0.717, 1.165) is 23.1 Å². The average molecular weight is 290 g/mol. The van der Waals surface area contributed by atoms with Crippen LogP contribution in [0.25, 0.3) is 10.9 Å². The van der Waals surface area contributed by atoms with Gasteiger partial charge in [0.2, 0.25) is 5.88 Å². The molecule has 0 saturated heterocycles. The summed E-state index contributed by atoms with van der Waals surface area (Å²) in [4.78, 5) is 4.59. The van der Waals surface area contributed by atoms with Gasteiger partial charge in [0, 0.05) is 17.3 Å². The van der Waals surface area contributed by atoms with E-state index >= 15 is 0 Å². The number of ether oxygens (including phenoxy) is 1. The van der Waals surface area contributed by atoms with E-state index in [2.05, 4.69) is 11.1 Å². The molecule has 0 N–H and O–H groups in total. The van der Waals surface area contributed by atoms with Crippen molar-refractivity contribution in [2.45, 2.75) is 38.0 Å². The van der Waals surface area contributed by atoms with Gasteiger partial charge in [0.1, 0.15) is 0 Å². The maximum absolute atomic E-state index is 6.04. The number of fused-ring (bicyclic) bond motifs is 1. The van der Waals surface area contributed by atoms with Crippen LogP contribution in [0.15, 0.2) is 30.3 Å². The lowest BCUT2D eigenvalue weighted by atomic mass is 9.90. The zero-order chi connectivity index (χ0) is 13.8. The van der Waals surface area contributed by atoms with Gasteiger partial charge in [0.15, 0.2) is 0 Å². The van der Waals surface area contributed by atoms with Crippen molar-refractivity contribution in [1.82, 2.24) is 4.98 Å². The largest absolute Gasteiger partial charge is 0.477 e. The van der Waals surface area contributed by atoms with Gasteiger partial charge in [-0.3, -0.25) is 0 Å². The van der Waals surface area contributed by atoms with Gasteiger partial charge in [0.25, 0.3) is 0 Å². The Balaban J connectivity index is 1.77. The topological polar surface area (TPSA) is 22.1 Å². The van der Waals surface area contributed by atoms with E-state index in [4.69, 9.17) is 16.3 Å². The molecule has 0 unspecified atom stereocenters. The fourth-order valence-electron chi connectivity index (χ4n) is 2.96. The summed E-state index contributed by atoms with van der Waals surface area (Å²) in [6.07, 6.45) is 6.63. The molecule has 20 heavy (non-hydrogen) atoms. The van der Waals surface area contributed by atoms with Crippen LogP contribution >= 0.6 is 11.6 Å².